The number of rotatable bonds is 62. The molecule has 0 aromatic carbocycles. The molecule has 0 aromatic heterocycles. The van der Waals surface area contributed by atoms with E-state index in [-0.39, 0.29) is 31.1 Å². The van der Waals surface area contributed by atoms with Crippen LogP contribution in [0.3, 0.4) is 0 Å². The van der Waals surface area contributed by atoms with Gasteiger partial charge in [0.25, 0.3) is 0 Å². The molecule has 0 aliphatic rings. The van der Waals surface area contributed by atoms with Gasteiger partial charge < -0.3 is 14.2 Å². The molecular weight excluding hydrogens is 901 g/mol. The lowest BCUT2D eigenvalue weighted by Crippen LogP contribution is -2.30. The minimum atomic E-state index is -0.768. The van der Waals surface area contributed by atoms with Crippen LogP contribution in [0.2, 0.25) is 0 Å². The molecule has 0 heterocycles. The van der Waals surface area contributed by atoms with E-state index in [9.17, 15) is 14.4 Å². The van der Waals surface area contributed by atoms with E-state index in [1.165, 1.54) is 276 Å². The standard InChI is InChI=1S/C67H128O6/c1-4-7-10-13-16-19-21-23-25-26-27-28-29-30-31-32-33-34-35-36-37-38-39-40-41-42-43-45-46-48-51-54-57-60-66(69)72-63-64(62-71-65(68)59-56-53-50-18-15-12-9-6-3)73-67(70)61-58-55-52-49-47-44-24-22-20-17-14-11-8-5-2/h22,24,64H,4-21,23,25-63H2,1-3H3/b24-22-. The zero-order valence-electron chi connectivity index (χ0n) is 49.7. The van der Waals surface area contributed by atoms with Crippen molar-refractivity contribution >= 4 is 17.9 Å². The molecule has 0 aromatic rings. The molecule has 0 fully saturated rings. The van der Waals surface area contributed by atoms with Crippen LogP contribution in [-0.2, 0) is 28.6 Å². The smallest absolute Gasteiger partial charge is 0.306 e. The third kappa shape index (κ3) is 60.9. The van der Waals surface area contributed by atoms with Crippen molar-refractivity contribution in [1.82, 2.24) is 0 Å². The highest BCUT2D eigenvalue weighted by Gasteiger charge is 2.19. The zero-order chi connectivity index (χ0) is 52.9. The van der Waals surface area contributed by atoms with E-state index < -0.39 is 6.10 Å². The van der Waals surface area contributed by atoms with Crippen LogP contribution in [0.25, 0.3) is 0 Å². The van der Waals surface area contributed by atoms with E-state index >= 15 is 0 Å². The Morgan fingerprint density at radius 2 is 0.452 bits per heavy atom. The Hall–Kier alpha value is -1.85. The van der Waals surface area contributed by atoms with Crippen LogP contribution in [0, 0.1) is 0 Å². The van der Waals surface area contributed by atoms with Crippen molar-refractivity contribution in [2.45, 2.75) is 386 Å². The van der Waals surface area contributed by atoms with Gasteiger partial charge in [0.05, 0.1) is 0 Å². The van der Waals surface area contributed by atoms with Crippen LogP contribution in [0.4, 0.5) is 0 Å². The quantitative estimate of drug-likeness (QED) is 0.0261. The fraction of sp³-hybridized carbons (Fsp3) is 0.925. The molecule has 6 heteroatoms. The van der Waals surface area contributed by atoms with E-state index in [2.05, 4.69) is 32.9 Å². The summed E-state index contributed by atoms with van der Waals surface area (Å²) >= 11 is 0. The van der Waals surface area contributed by atoms with Crippen LogP contribution in [0.5, 0.6) is 0 Å². The predicted molar refractivity (Wildman–Crippen MR) is 317 cm³/mol. The van der Waals surface area contributed by atoms with Gasteiger partial charge in [-0.05, 0) is 44.9 Å². The Kier molecular flexibility index (Phi) is 61.1. The lowest BCUT2D eigenvalue weighted by atomic mass is 10.0. The molecule has 0 amide bonds. The number of hydrogen-bond donors (Lipinski definition) is 0. The first-order valence-corrected chi connectivity index (χ1v) is 33.2. The van der Waals surface area contributed by atoms with Gasteiger partial charge in [0.15, 0.2) is 6.10 Å². The average molecular weight is 1030 g/mol. The number of hydrogen-bond acceptors (Lipinski definition) is 6. The molecule has 6 nitrogen and oxygen atoms in total. The van der Waals surface area contributed by atoms with Crippen molar-refractivity contribution in [1.29, 1.82) is 0 Å². The Morgan fingerprint density at radius 3 is 0.685 bits per heavy atom. The molecule has 1 unspecified atom stereocenters. The van der Waals surface area contributed by atoms with Crippen LogP contribution in [0.1, 0.15) is 380 Å². The largest absolute Gasteiger partial charge is 0.462 e. The van der Waals surface area contributed by atoms with Gasteiger partial charge in [-0.3, -0.25) is 14.4 Å². The Balaban J connectivity index is 3.93. The summed E-state index contributed by atoms with van der Waals surface area (Å²) in [6.07, 6.45) is 74.2. The lowest BCUT2D eigenvalue weighted by molar-refractivity contribution is -0.167. The summed E-state index contributed by atoms with van der Waals surface area (Å²) < 4.78 is 16.8. The molecule has 0 N–H and O–H groups in total. The third-order valence-corrected chi connectivity index (χ3v) is 15.3. The second-order valence-electron chi connectivity index (χ2n) is 22.7. The molecule has 0 aliphatic heterocycles. The van der Waals surface area contributed by atoms with Gasteiger partial charge in [0.2, 0.25) is 0 Å². The van der Waals surface area contributed by atoms with Gasteiger partial charge in [-0.1, -0.05) is 328 Å². The summed E-state index contributed by atoms with van der Waals surface area (Å²) in [6.45, 7) is 6.66. The minimum Gasteiger partial charge on any atom is -0.462 e. The molecule has 0 radical (unpaired) electrons. The zero-order valence-corrected chi connectivity index (χ0v) is 49.7. The molecule has 0 rings (SSSR count). The van der Waals surface area contributed by atoms with E-state index in [0.717, 1.165) is 64.2 Å². The first-order chi connectivity index (χ1) is 36.0. The first kappa shape index (κ1) is 71.2. The van der Waals surface area contributed by atoms with Crippen molar-refractivity contribution in [3.63, 3.8) is 0 Å². The van der Waals surface area contributed by atoms with Crippen molar-refractivity contribution in [3.05, 3.63) is 12.2 Å². The summed E-state index contributed by atoms with van der Waals surface area (Å²) in [6, 6.07) is 0. The SMILES string of the molecule is CCCCCCC/C=C\CCCCCCCC(=O)OC(COC(=O)CCCCCCCCCC)COC(=O)CCCCCCCCCCCCCCCCCCCCCCCCCCCCCCCCCCC. The molecular formula is C67H128O6. The second kappa shape index (κ2) is 62.7. The Bertz CT molecular complexity index is 1130. The third-order valence-electron chi connectivity index (χ3n) is 15.3. The normalized spacial score (nSPS) is 12.0. The van der Waals surface area contributed by atoms with Crippen LogP contribution < -0.4 is 0 Å². The maximum absolute atomic E-state index is 12.8. The molecule has 1 atom stereocenters. The summed E-state index contributed by atoms with van der Waals surface area (Å²) in [5.41, 5.74) is 0. The predicted octanol–water partition coefficient (Wildman–Crippen LogP) is 22.4. The fourth-order valence-corrected chi connectivity index (χ4v) is 10.3. The molecule has 0 bridgehead atoms. The minimum absolute atomic E-state index is 0.0679. The first-order valence-electron chi connectivity index (χ1n) is 33.2. The summed E-state index contributed by atoms with van der Waals surface area (Å²) in [5, 5.41) is 0. The molecule has 0 saturated heterocycles. The van der Waals surface area contributed by atoms with Crippen molar-refractivity contribution in [2.75, 3.05) is 13.2 Å². The van der Waals surface area contributed by atoms with Gasteiger partial charge >= 0.3 is 17.9 Å². The van der Waals surface area contributed by atoms with Crippen LogP contribution >= 0.6 is 0 Å². The summed E-state index contributed by atoms with van der Waals surface area (Å²) in [5.74, 6) is -0.857. The van der Waals surface area contributed by atoms with Crippen molar-refractivity contribution in [3.8, 4) is 0 Å². The Labute approximate surface area is 456 Å². The topological polar surface area (TPSA) is 78.9 Å². The molecule has 0 spiro atoms. The number of carbonyl (C=O) groups excluding carboxylic acids is 3. The number of carbonyl (C=O) groups is 3. The number of unbranched alkanes of at least 4 members (excludes halogenated alkanes) is 49. The van der Waals surface area contributed by atoms with Gasteiger partial charge in [-0.2, -0.15) is 0 Å². The molecule has 0 saturated carbocycles. The van der Waals surface area contributed by atoms with Crippen LogP contribution in [-0.4, -0.2) is 37.2 Å². The maximum Gasteiger partial charge on any atom is 0.306 e. The summed E-state index contributed by atoms with van der Waals surface area (Å²) in [4.78, 5) is 38.0. The fourth-order valence-electron chi connectivity index (χ4n) is 10.3. The van der Waals surface area contributed by atoms with E-state index in [4.69, 9.17) is 14.2 Å². The highest BCUT2D eigenvalue weighted by molar-refractivity contribution is 5.71. The number of ether oxygens (including phenoxy) is 3. The molecule has 0 aliphatic carbocycles. The van der Waals surface area contributed by atoms with Gasteiger partial charge in [-0.25, -0.2) is 0 Å². The van der Waals surface area contributed by atoms with Gasteiger partial charge in [0.1, 0.15) is 13.2 Å². The van der Waals surface area contributed by atoms with E-state index in [1.54, 1.807) is 0 Å². The van der Waals surface area contributed by atoms with Gasteiger partial charge in [0, 0.05) is 19.3 Å². The van der Waals surface area contributed by atoms with E-state index in [1.807, 2.05) is 0 Å². The monoisotopic (exact) mass is 1030 g/mol. The number of esters is 3. The van der Waals surface area contributed by atoms with Gasteiger partial charge in [-0.15, -0.1) is 0 Å². The summed E-state index contributed by atoms with van der Waals surface area (Å²) in [7, 11) is 0. The maximum atomic E-state index is 12.8. The van der Waals surface area contributed by atoms with Crippen molar-refractivity contribution in [2.24, 2.45) is 0 Å². The average Bonchev–Trinajstić information content (AvgIpc) is 3.39. The highest BCUT2D eigenvalue weighted by Crippen LogP contribution is 2.19. The second-order valence-corrected chi connectivity index (χ2v) is 22.7. The van der Waals surface area contributed by atoms with Crippen LogP contribution in [0.15, 0.2) is 12.2 Å². The van der Waals surface area contributed by atoms with E-state index in [0.29, 0.717) is 19.3 Å². The molecule has 73 heavy (non-hydrogen) atoms. The van der Waals surface area contributed by atoms with Crippen molar-refractivity contribution < 1.29 is 28.6 Å². The highest BCUT2D eigenvalue weighted by atomic mass is 16.6. The number of allylic oxidation sites excluding steroid dienone is 2. The Morgan fingerprint density at radius 1 is 0.260 bits per heavy atom. The lowest BCUT2D eigenvalue weighted by Gasteiger charge is -2.18. The molecule has 432 valence electrons.